The fraction of sp³-hybridized carbons (Fsp3) is 0.600. The first-order valence-corrected chi connectivity index (χ1v) is 7.89. The van der Waals surface area contributed by atoms with E-state index in [0.29, 0.717) is 5.92 Å². The van der Waals surface area contributed by atoms with Gasteiger partial charge in [0.1, 0.15) is 5.82 Å². The maximum atomic E-state index is 13.4. The third-order valence-electron chi connectivity index (χ3n) is 4.06. The van der Waals surface area contributed by atoms with Crippen LogP contribution in [0.25, 0.3) is 0 Å². The van der Waals surface area contributed by atoms with E-state index in [1.165, 1.54) is 44.6 Å². The maximum Gasteiger partial charge on any atom is 0.124 e. The number of halogens is 2. The average molecular weight is 329 g/mol. The predicted molar refractivity (Wildman–Crippen MR) is 80.1 cm³/mol. The highest BCUT2D eigenvalue weighted by molar-refractivity contribution is 9.10. The van der Waals surface area contributed by atoms with E-state index >= 15 is 0 Å². The average Bonchev–Trinajstić information content (AvgIpc) is 2.63. The van der Waals surface area contributed by atoms with Gasteiger partial charge in [0.05, 0.1) is 0 Å². The van der Waals surface area contributed by atoms with Gasteiger partial charge in [0, 0.05) is 10.5 Å². The molecule has 1 saturated carbocycles. The van der Waals surface area contributed by atoms with Crippen molar-refractivity contribution in [2.24, 2.45) is 11.8 Å². The Morgan fingerprint density at radius 1 is 1.21 bits per heavy atom. The van der Waals surface area contributed by atoms with E-state index in [1.807, 2.05) is 6.07 Å². The molecule has 1 aliphatic carbocycles. The van der Waals surface area contributed by atoms with Gasteiger partial charge < -0.3 is 0 Å². The van der Waals surface area contributed by atoms with E-state index in [4.69, 9.17) is 5.84 Å². The Balaban J connectivity index is 2.04. The van der Waals surface area contributed by atoms with Gasteiger partial charge in [-0.05, 0) is 48.9 Å². The van der Waals surface area contributed by atoms with E-state index < -0.39 is 0 Å². The van der Waals surface area contributed by atoms with E-state index in [1.54, 1.807) is 6.07 Å². The molecule has 0 aliphatic heterocycles. The first kappa shape index (κ1) is 14.9. The zero-order valence-electron chi connectivity index (χ0n) is 11.2. The summed E-state index contributed by atoms with van der Waals surface area (Å²) in [5.74, 6) is 6.14. The van der Waals surface area contributed by atoms with Crippen molar-refractivity contribution in [3.63, 3.8) is 0 Å². The summed E-state index contributed by atoms with van der Waals surface area (Å²) in [4.78, 5) is 0. The van der Waals surface area contributed by atoms with Gasteiger partial charge in [-0.15, -0.1) is 0 Å². The Morgan fingerprint density at radius 2 is 1.89 bits per heavy atom. The van der Waals surface area contributed by atoms with E-state index in [9.17, 15) is 4.39 Å². The van der Waals surface area contributed by atoms with Crippen LogP contribution in [0.1, 0.15) is 44.1 Å². The van der Waals surface area contributed by atoms with E-state index in [-0.39, 0.29) is 11.9 Å². The molecule has 0 radical (unpaired) electrons. The van der Waals surface area contributed by atoms with Crippen LogP contribution in [-0.2, 0) is 6.42 Å². The summed E-state index contributed by atoms with van der Waals surface area (Å²) in [6.07, 6.45) is 8.48. The fourth-order valence-electron chi connectivity index (χ4n) is 3.06. The lowest BCUT2D eigenvalue weighted by Crippen LogP contribution is -2.42. The molecule has 0 heterocycles. The minimum absolute atomic E-state index is 0.194. The van der Waals surface area contributed by atoms with Crippen LogP contribution in [0.2, 0.25) is 0 Å². The van der Waals surface area contributed by atoms with Crippen molar-refractivity contribution >= 4 is 15.9 Å². The van der Waals surface area contributed by atoms with Crippen LogP contribution < -0.4 is 11.3 Å². The molecule has 2 nitrogen and oxygen atoms in total. The number of hydrazine groups is 1. The van der Waals surface area contributed by atoms with Gasteiger partial charge in [0.15, 0.2) is 0 Å². The topological polar surface area (TPSA) is 38.0 Å². The van der Waals surface area contributed by atoms with E-state index in [0.717, 1.165) is 16.5 Å². The summed E-state index contributed by atoms with van der Waals surface area (Å²) in [6.45, 7) is 0. The van der Waals surface area contributed by atoms with Crippen LogP contribution in [0.4, 0.5) is 4.39 Å². The Kier molecular flexibility index (Phi) is 5.79. The van der Waals surface area contributed by atoms with Gasteiger partial charge in [0.25, 0.3) is 0 Å². The Labute approximate surface area is 123 Å². The molecule has 4 heteroatoms. The molecule has 0 bridgehead atoms. The molecule has 1 aliphatic rings. The second-order valence-electron chi connectivity index (χ2n) is 5.51. The molecule has 1 fully saturated rings. The number of hydrogen-bond donors (Lipinski definition) is 2. The lowest BCUT2D eigenvalue weighted by Gasteiger charge is -2.25. The zero-order valence-corrected chi connectivity index (χ0v) is 12.8. The van der Waals surface area contributed by atoms with Crippen molar-refractivity contribution in [2.45, 2.75) is 51.0 Å². The molecule has 1 aromatic rings. The number of benzene rings is 1. The molecule has 0 aromatic heterocycles. The normalized spacial score (nSPS) is 19.1. The van der Waals surface area contributed by atoms with Crippen molar-refractivity contribution in [3.8, 4) is 0 Å². The lowest BCUT2D eigenvalue weighted by atomic mass is 9.88. The summed E-state index contributed by atoms with van der Waals surface area (Å²) < 4.78 is 14.2. The van der Waals surface area contributed by atoms with Gasteiger partial charge in [-0.3, -0.25) is 11.3 Å². The molecule has 0 saturated heterocycles. The SMILES string of the molecule is NNC(Cc1cc(F)cc(Br)c1)C1CCCCCC1. The molecule has 2 rings (SSSR count). The van der Waals surface area contributed by atoms with Crippen molar-refractivity contribution < 1.29 is 4.39 Å². The first-order chi connectivity index (χ1) is 9.19. The Bertz CT molecular complexity index is 383. The Hall–Kier alpha value is -0.450. The summed E-state index contributed by atoms with van der Waals surface area (Å²) in [5.41, 5.74) is 3.95. The molecule has 19 heavy (non-hydrogen) atoms. The predicted octanol–water partition coefficient (Wildman–Crippen LogP) is 3.93. The summed E-state index contributed by atoms with van der Waals surface area (Å²) in [6, 6.07) is 5.31. The van der Waals surface area contributed by atoms with Crippen LogP contribution in [-0.4, -0.2) is 6.04 Å². The third-order valence-corrected chi connectivity index (χ3v) is 4.52. The second kappa shape index (κ2) is 7.36. The van der Waals surface area contributed by atoms with Gasteiger partial charge in [-0.1, -0.05) is 41.6 Å². The van der Waals surface area contributed by atoms with Gasteiger partial charge in [0.2, 0.25) is 0 Å². The first-order valence-electron chi connectivity index (χ1n) is 7.10. The maximum absolute atomic E-state index is 13.4. The van der Waals surface area contributed by atoms with Crippen molar-refractivity contribution in [3.05, 3.63) is 34.1 Å². The highest BCUT2D eigenvalue weighted by Gasteiger charge is 2.22. The quantitative estimate of drug-likeness (QED) is 0.499. The highest BCUT2D eigenvalue weighted by Crippen LogP contribution is 2.27. The number of nitrogens with two attached hydrogens (primary N) is 1. The minimum atomic E-state index is -0.194. The summed E-state index contributed by atoms with van der Waals surface area (Å²) in [5, 5.41) is 0. The van der Waals surface area contributed by atoms with Crippen molar-refractivity contribution in [2.75, 3.05) is 0 Å². The number of nitrogens with one attached hydrogen (secondary N) is 1. The molecule has 0 amide bonds. The largest absolute Gasteiger partial charge is 0.271 e. The molecular weight excluding hydrogens is 307 g/mol. The van der Waals surface area contributed by atoms with Crippen LogP contribution in [0.15, 0.2) is 22.7 Å². The smallest absolute Gasteiger partial charge is 0.124 e. The fourth-order valence-corrected chi connectivity index (χ4v) is 3.57. The zero-order chi connectivity index (χ0) is 13.7. The van der Waals surface area contributed by atoms with Gasteiger partial charge in [-0.2, -0.15) is 0 Å². The Morgan fingerprint density at radius 3 is 2.47 bits per heavy atom. The molecule has 1 unspecified atom stereocenters. The van der Waals surface area contributed by atoms with Crippen LogP contribution >= 0.6 is 15.9 Å². The number of rotatable bonds is 4. The van der Waals surface area contributed by atoms with Crippen molar-refractivity contribution in [1.82, 2.24) is 5.43 Å². The summed E-state index contributed by atoms with van der Waals surface area (Å²) in [7, 11) is 0. The highest BCUT2D eigenvalue weighted by atomic mass is 79.9. The van der Waals surface area contributed by atoms with Gasteiger partial charge in [-0.25, -0.2) is 4.39 Å². The monoisotopic (exact) mass is 328 g/mol. The van der Waals surface area contributed by atoms with Crippen LogP contribution in [0.5, 0.6) is 0 Å². The molecule has 3 N–H and O–H groups in total. The number of hydrogen-bond acceptors (Lipinski definition) is 2. The second-order valence-corrected chi connectivity index (χ2v) is 6.42. The molecule has 1 aromatic carbocycles. The van der Waals surface area contributed by atoms with Crippen molar-refractivity contribution in [1.29, 1.82) is 0 Å². The molecule has 0 spiro atoms. The van der Waals surface area contributed by atoms with E-state index in [2.05, 4.69) is 21.4 Å². The van der Waals surface area contributed by atoms with Gasteiger partial charge >= 0.3 is 0 Å². The summed E-state index contributed by atoms with van der Waals surface area (Å²) >= 11 is 3.34. The lowest BCUT2D eigenvalue weighted by molar-refractivity contribution is 0.320. The molecule has 1 atom stereocenters. The van der Waals surface area contributed by atoms with Crippen LogP contribution in [0.3, 0.4) is 0 Å². The minimum Gasteiger partial charge on any atom is -0.271 e. The molecular formula is C15H22BrFN2. The molecule has 106 valence electrons. The third kappa shape index (κ3) is 4.55. The standard InChI is InChI=1S/C15H22BrFN2/c16-13-7-11(8-14(17)10-13)9-15(19-18)12-5-3-1-2-4-6-12/h7-8,10,12,15,19H,1-6,9,18H2. The van der Waals surface area contributed by atoms with Crippen LogP contribution in [0, 0.1) is 11.7 Å².